The highest BCUT2D eigenvalue weighted by Gasteiger charge is 2.07. The maximum absolute atomic E-state index is 11.6. The summed E-state index contributed by atoms with van der Waals surface area (Å²) in [4.78, 5) is 15.4. The fourth-order valence-corrected chi connectivity index (χ4v) is 1.47. The van der Waals surface area contributed by atoms with Crippen LogP contribution in [0.1, 0.15) is 36.3 Å². The van der Waals surface area contributed by atoms with E-state index in [2.05, 4.69) is 10.1 Å². The molecule has 2 rings (SSSR count). The van der Waals surface area contributed by atoms with Crippen LogP contribution in [0.5, 0.6) is 0 Å². The van der Waals surface area contributed by atoms with Crippen LogP contribution in [0.3, 0.4) is 0 Å². The summed E-state index contributed by atoms with van der Waals surface area (Å²) in [5.74, 6) is -0.164. The predicted octanol–water partition coefficient (Wildman–Crippen LogP) is 2.35. The van der Waals surface area contributed by atoms with E-state index in [9.17, 15) is 4.79 Å². The Morgan fingerprint density at radius 2 is 2.29 bits per heavy atom. The second-order valence-electron chi connectivity index (χ2n) is 3.83. The van der Waals surface area contributed by atoms with Crippen molar-refractivity contribution in [1.82, 2.24) is 14.8 Å². The van der Waals surface area contributed by atoms with Crippen LogP contribution < -0.4 is 0 Å². The van der Waals surface area contributed by atoms with Gasteiger partial charge >= 0.3 is 0 Å². The fourth-order valence-electron chi connectivity index (χ4n) is 1.47. The van der Waals surface area contributed by atoms with Gasteiger partial charge in [-0.1, -0.05) is 0 Å². The standard InChI is InChI=1S/C12H13N3O2/c1-9(2)15-10(5-6-14-15)3-4-11(16)12-13-7-8-17-12/h3-9H,1-2H3. The van der Waals surface area contributed by atoms with Crippen LogP contribution in [-0.2, 0) is 0 Å². The van der Waals surface area contributed by atoms with Gasteiger partial charge in [-0.15, -0.1) is 0 Å². The Morgan fingerprint density at radius 1 is 1.47 bits per heavy atom. The minimum atomic E-state index is -0.258. The van der Waals surface area contributed by atoms with Gasteiger partial charge in [0.2, 0.25) is 5.78 Å². The number of nitrogens with zero attached hydrogens (tertiary/aromatic N) is 3. The van der Waals surface area contributed by atoms with E-state index in [-0.39, 0.29) is 17.7 Å². The summed E-state index contributed by atoms with van der Waals surface area (Å²) in [6.45, 7) is 4.06. The number of aromatic nitrogens is 3. The fraction of sp³-hybridized carbons (Fsp3) is 0.250. The molecule has 2 aromatic rings. The molecular weight excluding hydrogens is 218 g/mol. The molecule has 2 aromatic heterocycles. The average molecular weight is 231 g/mol. The zero-order valence-corrected chi connectivity index (χ0v) is 9.70. The first kappa shape index (κ1) is 11.3. The first-order valence-corrected chi connectivity index (χ1v) is 5.34. The minimum Gasteiger partial charge on any atom is -0.442 e. The van der Waals surface area contributed by atoms with Crippen LogP contribution in [0.4, 0.5) is 0 Å². The monoisotopic (exact) mass is 231 g/mol. The Bertz CT molecular complexity index is 524. The van der Waals surface area contributed by atoms with E-state index < -0.39 is 0 Å². The third-order valence-electron chi connectivity index (χ3n) is 2.24. The number of hydrogen-bond donors (Lipinski definition) is 0. The van der Waals surface area contributed by atoms with Gasteiger partial charge < -0.3 is 4.42 Å². The summed E-state index contributed by atoms with van der Waals surface area (Å²) in [6, 6.07) is 2.10. The normalized spacial score (nSPS) is 11.5. The third kappa shape index (κ3) is 2.50. The molecule has 0 bridgehead atoms. The van der Waals surface area contributed by atoms with Crippen LogP contribution in [0.25, 0.3) is 6.08 Å². The number of ketones is 1. The summed E-state index contributed by atoms with van der Waals surface area (Å²) in [6.07, 6.45) is 7.66. The van der Waals surface area contributed by atoms with Gasteiger partial charge in [0.15, 0.2) is 0 Å². The van der Waals surface area contributed by atoms with Gasteiger partial charge in [-0.25, -0.2) is 4.98 Å². The maximum Gasteiger partial charge on any atom is 0.267 e. The summed E-state index contributed by atoms with van der Waals surface area (Å²) in [5.41, 5.74) is 0.875. The van der Waals surface area contributed by atoms with Crippen LogP contribution in [0, 0.1) is 0 Å². The van der Waals surface area contributed by atoms with Gasteiger partial charge in [0.05, 0.1) is 11.9 Å². The maximum atomic E-state index is 11.6. The molecule has 0 aliphatic carbocycles. The number of allylic oxidation sites excluding steroid dienone is 1. The second-order valence-corrected chi connectivity index (χ2v) is 3.83. The lowest BCUT2D eigenvalue weighted by atomic mass is 10.3. The molecule has 0 aromatic carbocycles. The molecule has 0 radical (unpaired) electrons. The summed E-state index contributed by atoms with van der Waals surface area (Å²) in [5, 5.41) is 4.17. The Hall–Kier alpha value is -2.17. The first-order chi connectivity index (χ1) is 8.18. The van der Waals surface area contributed by atoms with Crippen molar-refractivity contribution in [3.8, 4) is 0 Å². The Labute approximate surface area is 98.8 Å². The van der Waals surface area contributed by atoms with Crippen molar-refractivity contribution in [3.63, 3.8) is 0 Å². The van der Waals surface area contributed by atoms with E-state index in [1.807, 2.05) is 24.6 Å². The molecule has 0 amide bonds. The molecule has 0 saturated carbocycles. The van der Waals surface area contributed by atoms with E-state index >= 15 is 0 Å². The SMILES string of the molecule is CC(C)n1nccc1C=CC(=O)c1ncco1. The lowest BCUT2D eigenvalue weighted by Gasteiger charge is -2.07. The number of carbonyl (C=O) groups is 1. The van der Waals surface area contributed by atoms with Crippen molar-refractivity contribution in [2.45, 2.75) is 19.9 Å². The molecule has 17 heavy (non-hydrogen) atoms. The van der Waals surface area contributed by atoms with Gasteiger partial charge in [0.1, 0.15) is 6.26 Å². The Kier molecular flexibility index (Phi) is 3.18. The van der Waals surface area contributed by atoms with Crippen LogP contribution in [-0.4, -0.2) is 20.5 Å². The molecule has 0 spiro atoms. The molecule has 88 valence electrons. The Morgan fingerprint density at radius 3 is 2.94 bits per heavy atom. The van der Waals surface area contributed by atoms with Gasteiger partial charge in [-0.2, -0.15) is 5.10 Å². The molecule has 5 heteroatoms. The topological polar surface area (TPSA) is 60.9 Å². The highest BCUT2D eigenvalue weighted by molar-refractivity contribution is 6.03. The first-order valence-electron chi connectivity index (χ1n) is 5.34. The van der Waals surface area contributed by atoms with E-state index in [0.29, 0.717) is 0 Å². The van der Waals surface area contributed by atoms with Gasteiger partial charge in [0, 0.05) is 12.2 Å². The smallest absolute Gasteiger partial charge is 0.267 e. The molecule has 5 nitrogen and oxygen atoms in total. The van der Waals surface area contributed by atoms with Crippen LogP contribution in [0.2, 0.25) is 0 Å². The Balaban J connectivity index is 2.15. The average Bonchev–Trinajstić information content (AvgIpc) is 2.96. The number of carbonyl (C=O) groups excluding carboxylic acids is 1. The lowest BCUT2D eigenvalue weighted by Crippen LogP contribution is -2.04. The van der Waals surface area contributed by atoms with E-state index in [1.165, 1.54) is 18.5 Å². The third-order valence-corrected chi connectivity index (χ3v) is 2.24. The van der Waals surface area contributed by atoms with E-state index in [1.54, 1.807) is 12.3 Å². The molecule has 0 fully saturated rings. The lowest BCUT2D eigenvalue weighted by molar-refractivity contribution is 0.101. The van der Waals surface area contributed by atoms with Gasteiger partial charge in [-0.05, 0) is 32.1 Å². The molecule has 0 N–H and O–H groups in total. The van der Waals surface area contributed by atoms with Crippen molar-refractivity contribution >= 4 is 11.9 Å². The van der Waals surface area contributed by atoms with Crippen molar-refractivity contribution < 1.29 is 9.21 Å². The minimum absolute atomic E-state index is 0.0943. The molecule has 0 aliphatic rings. The molecule has 2 heterocycles. The quantitative estimate of drug-likeness (QED) is 0.598. The van der Waals surface area contributed by atoms with Gasteiger partial charge in [-0.3, -0.25) is 9.48 Å². The number of hydrogen-bond acceptors (Lipinski definition) is 4. The summed E-state index contributed by atoms with van der Waals surface area (Å²) in [7, 11) is 0. The summed E-state index contributed by atoms with van der Waals surface area (Å²) >= 11 is 0. The van der Waals surface area contributed by atoms with Gasteiger partial charge in [0.25, 0.3) is 5.89 Å². The van der Waals surface area contributed by atoms with Crippen molar-refractivity contribution in [2.24, 2.45) is 0 Å². The molecule has 0 saturated heterocycles. The molecule has 0 aliphatic heterocycles. The molecule has 0 atom stereocenters. The van der Waals surface area contributed by atoms with Crippen LogP contribution in [0.15, 0.2) is 35.2 Å². The summed E-state index contributed by atoms with van der Waals surface area (Å²) < 4.78 is 6.74. The van der Waals surface area contributed by atoms with E-state index in [4.69, 9.17) is 4.42 Å². The van der Waals surface area contributed by atoms with Crippen molar-refractivity contribution in [3.05, 3.63) is 42.4 Å². The zero-order chi connectivity index (χ0) is 12.3. The number of rotatable bonds is 4. The van der Waals surface area contributed by atoms with E-state index in [0.717, 1.165) is 5.69 Å². The van der Waals surface area contributed by atoms with Crippen molar-refractivity contribution in [1.29, 1.82) is 0 Å². The second kappa shape index (κ2) is 4.78. The number of oxazole rings is 1. The highest BCUT2D eigenvalue weighted by atomic mass is 16.3. The largest absolute Gasteiger partial charge is 0.442 e. The zero-order valence-electron chi connectivity index (χ0n) is 9.70. The highest BCUT2D eigenvalue weighted by Crippen LogP contribution is 2.10. The van der Waals surface area contributed by atoms with Crippen LogP contribution >= 0.6 is 0 Å². The molecule has 0 unspecified atom stereocenters. The van der Waals surface area contributed by atoms with Crippen molar-refractivity contribution in [2.75, 3.05) is 0 Å². The molecular formula is C12H13N3O2. The predicted molar refractivity (Wildman–Crippen MR) is 62.5 cm³/mol.